The molecule has 0 spiro atoms. The van der Waals surface area contributed by atoms with Gasteiger partial charge in [0.05, 0.1) is 12.6 Å². The topological polar surface area (TPSA) is 40.6 Å². The molecule has 2 heterocycles. The van der Waals surface area contributed by atoms with Crippen LogP contribution in [-0.2, 0) is 0 Å². The lowest BCUT2D eigenvalue weighted by Gasteiger charge is -2.22. The number of nitrogens with zero attached hydrogens (tertiary/aromatic N) is 3. The second kappa shape index (κ2) is 9.12. The van der Waals surface area contributed by atoms with E-state index in [-0.39, 0.29) is 0 Å². The fourth-order valence-electron chi connectivity index (χ4n) is 4.53. The number of hydrogen-bond donors (Lipinski definition) is 1. The Labute approximate surface area is 195 Å². The Hall–Kier alpha value is -3.57. The summed E-state index contributed by atoms with van der Waals surface area (Å²) in [6.07, 6.45) is 3.07. The maximum absolute atomic E-state index is 5.29. The molecule has 1 unspecified atom stereocenters. The first-order chi connectivity index (χ1) is 16.1. The first-order valence-electron chi connectivity index (χ1n) is 11.4. The molecule has 1 fully saturated rings. The standard InChI is InChI=1S/C28H30N4O/c1-31(2)24-15-17-32(19-24)23-9-7-22(8-10-23)30-28-14-16-29-27-13-6-21(18-26(27)28)20-4-11-25(33-3)12-5-20/h4-14,16,18,24H,15,17,19H2,1-3H3,(H,29,30). The smallest absolute Gasteiger partial charge is 0.118 e. The molecular weight excluding hydrogens is 408 g/mol. The van der Waals surface area contributed by atoms with E-state index in [2.05, 4.69) is 88.8 Å². The van der Waals surface area contributed by atoms with Crippen LogP contribution < -0.4 is 15.0 Å². The van der Waals surface area contributed by atoms with Crippen molar-refractivity contribution in [3.05, 3.63) is 79.0 Å². The molecule has 5 nitrogen and oxygen atoms in total. The molecule has 1 aliphatic heterocycles. The molecule has 5 rings (SSSR count). The summed E-state index contributed by atoms with van der Waals surface area (Å²) in [6.45, 7) is 2.20. The van der Waals surface area contributed by atoms with Gasteiger partial charge in [-0.3, -0.25) is 4.98 Å². The predicted octanol–water partition coefficient (Wildman–Crippen LogP) is 5.79. The van der Waals surface area contributed by atoms with Crippen molar-refractivity contribution in [3.63, 3.8) is 0 Å². The van der Waals surface area contributed by atoms with Gasteiger partial charge < -0.3 is 19.9 Å². The van der Waals surface area contributed by atoms with Gasteiger partial charge in [0.25, 0.3) is 0 Å². The van der Waals surface area contributed by atoms with Crippen LogP contribution in [0.1, 0.15) is 6.42 Å². The zero-order chi connectivity index (χ0) is 22.8. The SMILES string of the molecule is COc1ccc(-c2ccc3nccc(Nc4ccc(N5CCC(N(C)C)C5)cc4)c3c2)cc1. The van der Waals surface area contributed by atoms with Gasteiger partial charge in [0.2, 0.25) is 0 Å². The van der Waals surface area contributed by atoms with Crippen LogP contribution in [0.3, 0.4) is 0 Å². The molecule has 4 aromatic rings. The summed E-state index contributed by atoms with van der Waals surface area (Å²) in [4.78, 5) is 9.36. The summed E-state index contributed by atoms with van der Waals surface area (Å²) in [7, 11) is 6.02. The van der Waals surface area contributed by atoms with Gasteiger partial charge >= 0.3 is 0 Å². The van der Waals surface area contributed by atoms with Gasteiger partial charge in [-0.2, -0.15) is 0 Å². The molecule has 168 valence electrons. The monoisotopic (exact) mass is 438 g/mol. The van der Waals surface area contributed by atoms with E-state index in [1.54, 1.807) is 7.11 Å². The van der Waals surface area contributed by atoms with Gasteiger partial charge in [-0.1, -0.05) is 18.2 Å². The van der Waals surface area contributed by atoms with Crippen molar-refractivity contribution >= 4 is 28.0 Å². The molecule has 1 atom stereocenters. The average molecular weight is 439 g/mol. The second-order valence-corrected chi connectivity index (χ2v) is 8.84. The molecule has 0 aliphatic carbocycles. The van der Waals surface area contributed by atoms with E-state index in [4.69, 9.17) is 4.74 Å². The van der Waals surface area contributed by atoms with E-state index in [0.717, 1.165) is 52.2 Å². The zero-order valence-electron chi connectivity index (χ0n) is 19.5. The minimum absolute atomic E-state index is 0.630. The summed E-state index contributed by atoms with van der Waals surface area (Å²) >= 11 is 0. The third-order valence-electron chi connectivity index (χ3n) is 6.57. The molecule has 1 aromatic heterocycles. The lowest BCUT2D eigenvalue weighted by Crippen LogP contribution is -2.31. The number of rotatable bonds is 6. The lowest BCUT2D eigenvalue weighted by molar-refractivity contribution is 0.315. The number of anilines is 3. The summed E-state index contributed by atoms with van der Waals surface area (Å²) in [6, 6.07) is 26.0. The highest BCUT2D eigenvalue weighted by atomic mass is 16.5. The lowest BCUT2D eigenvalue weighted by atomic mass is 10.0. The van der Waals surface area contributed by atoms with E-state index in [1.807, 2.05) is 24.4 Å². The Morgan fingerprint density at radius 1 is 0.939 bits per heavy atom. The first-order valence-corrected chi connectivity index (χ1v) is 11.4. The highest BCUT2D eigenvalue weighted by Gasteiger charge is 2.23. The van der Waals surface area contributed by atoms with E-state index in [1.165, 1.54) is 12.1 Å². The van der Waals surface area contributed by atoms with Crippen molar-refractivity contribution in [3.8, 4) is 16.9 Å². The fraction of sp³-hybridized carbons (Fsp3) is 0.250. The number of fused-ring (bicyclic) bond motifs is 1. The predicted molar refractivity (Wildman–Crippen MR) is 138 cm³/mol. The summed E-state index contributed by atoms with van der Waals surface area (Å²) < 4.78 is 5.29. The number of nitrogens with one attached hydrogen (secondary N) is 1. The quantitative estimate of drug-likeness (QED) is 0.412. The number of ether oxygens (including phenoxy) is 1. The highest BCUT2D eigenvalue weighted by molar-refractivity contribution is 5.95. The molecular formula is C28H30N4O. The van der Waals surface area contributed by atoms with E-state index >= 15 is 0 Å². The average Bonchev–Trinajstić information content (AvgIpc) is 3.35. The molecule has 3 aromatic carbocycles. The molecule has 5 heteroatoms. The van der Waals surface area contributed by atoms with Crippen LogP contribution >= 0.6 is 0 Å². The van der Waals surface area contributed by atoms with Gasteiger partial charge in [-0.05, 0) is 86.2 Å². The van der Waals surface area contributed by atoms with Crippen molar-refractivity contribution in [2.45, 2.75) is 12.5 Å². The Kier molecular flexibility index (Phi) is 5.88. The van der Waals surface area contributed by atoms with Gasteiger partial charge in [0.1, 0.15) is 5.75 Å². The van der Waals surface area contributed by atoms with Crippen LogP contribution in [0.5, 0.6) is 5.75 Å². The van der Waals surface area contributed by atoms with E-state index in [9.17, 15) is 0 Å². The summed E-state index contributed by atoms with van der Waals surface area (Å²) in [5, 5.41) is 4.70. The number of hydrogen-bond acceptors (Lipinski definition) is 5. The molecule has 0 radical (unpaired) electrons. The van der Waals surface area contributed by atoms with Crippen LogP contribution in [0, 0.1) is 0 Å². The molecule has 1 aliphatic rings. The number of pyridine rings is 1. The van der Waals surface area contributed by atoms with Gasteiger partial charge in [-0.15, -0.1) is 0 Å². The normalized spacial score (nSPS) is 15.9. The maximum atomic E-state index is 5.29. The van der Waals surface area contributed by atoms with E-state index in [0.29, 0.717) is 6.04 Å². The number of benzene rings is 3. The summed E-state index contributed by atoms with van der Waals surface area (Å²) in [5.41, 5.74) is 6.69. The minimum Gasteiger partial charge on any atom is -0.497 e. The zero-order valence-corrected chi connectivity index (χ0v) is 19.5. The van der Waals surface area contributed by atoms with Crippen molar-refractivity contribution in [2.24, 2.45) is 0 Å². The molecule has 33 heavy (non-hydrogen) atoms. The molecule has 1 saturated heterocycles. The van der Waals surface area contributed by atoms with Crippen molar-refractivity contribution < 1.29 is 4.74 Å². The van der Waals surface area contributed by atoms with E-state index < -0.39 is 0 Å². The summed E-state index contributed by atoms with van der Waals surface area (Å²) in [5.74, 6) is 0.859. The van der Waals surface area contributed by atoms with Gasteiger partial charge in [-0.25, -0.2) is 0 Å². The Morgan fingerprint density at radius 3 is 2.39 bits per heavy atom. The largest absolute Gasteiger partial charge is 0.497 e. The van der Waals surface area contributed by atoms with Crippen molar-refractivity contribution in [2.75, 3.05) is 44.5 Å². The van der Waals surface area contributed by atoms with Gasteiger partial charge in [0.15, 0.2) is 0 Å². The first kappa shape index (κ1) is 21.3. The Morgan fingerprint density at radius 2 is 1.70 bits per heavy atom. The maximum Gasteiger partial charge on any atom is 0.118 e. The molecule has 0 amide bonds. The van der Waals surface area contributed by atoms with Crippen molar-refractivity contribution in [1.82, 2.24) is 9.88 Å². The number of likely N-dealkylation sites (N-methyl/N-ethyl adjacent to an activating group) is 1. The Balaban J connectivity index is 1.38. The van der Waals surface area contributed by atoms with Crippen LogP contribution in [0.2, 0.25) is 0 Å². The number of methoxy groups -OCH3 is 1. The van der Waals surface area contributed by atoms with Gasteiger partial charge in [0, 0.05) is 47.8 Å². The second-order valence-electron chi connectivity index (χ2n) is 8.84. The van der Waals surface area contributed by atoms with Crippen molar-refractivity contribution in [1.29, 1.82) is 0 Å². The molecule has 1 N–H and O–H groups in total. The highest BCUT2D eigenvalue weighted by Crippen LogP contribution is 2.31. The molecule has 0 saturated carbocycles. The minimum atomic E-state index is 0.630. The van der Waals surface area contributed by atoms with Crippen LogP contribution in [-0.4, -0.2) is 50.2 Å². The Bertz CT molecular complexity index is 1240. The van der Waals surface area contributed by atoms with Crippen LogP contribution in [0.15, 0.2) is 79.0 Å². The fourth-order valence-corrected chi connectivity index (χ4v) is 4.53. The third kappa shape index (κ3) is 4.50. The van der Waals surface area contributed by atoms with Crippen LogP contribution in [0.25, 0.3) is 22.0 Å². The van der Waals surface area contributed by atoms with Crippen LogP contribution in [0.4, 0.5) is 17.1 Å². The molecule has 0 bridgehead atoms. The number of aromatic nitrogens is 1. The third-order valence-corrected chi connectivity index (χ3v) is 6.57.